The molecule has 4 aromatic rings. The molecule has 5 rings (SSSR count). The van der Waals surface area contributed by atoms with Gasteiger partial charge in [0.05, 0.1) is 30.0 Å². The van der Waals surface area contributed by atoms with Gasteiger partial charge < -0.3 is 9.30 Å². The molecule has 7 heteroatoms. The fourth-order valence-corrected chi connectivity index (χ4v) is 4.08. The first-order valence-corrected chi connectivity index (χ1v) is 10.4. The van der Waals surface area contributed by atoms with Gasteiger partial charge in [0.2, 0.25) is 0 Å². The third-order valence-corrected chi connectivity index (χ3v) is 5.67. The van der Waals surface area contributed by atoms with E-state index in [1.807, 2.05) is 24.3 Å². The molecule has 0 spiro atoms. The monoisotopic (exact) mass is 391 g/mol. The number of fused-ring (bicyclic) bond motifs is 4. The highest BCUT2D eigenvalue weighted by Crippen LogP contribution is 2.26. The van der Waals surface area contributed by atoms with Crippen LogP contribution in [0.5, 0.6) is 0 Å². The van der Waals surface area contributed by atoms with Crippen LogP contribution in [-0.4, -0.2) is 36.8 Å². The number of para-hydroxylation sites is 2. The summed E-state index contributed by atoms with van der Waals surface area (Å²) in [6.07, 6.45) is 4.73. The van der Waals surface area contributed by atoms with Crippen molar-refractivity contribution in [3.05, 3.63) is 40.9 Å². The van der Waals surface area contributed by atoms with Crippen molar-refractivity contribution in [2.24, 2.45) is 5.92 Å². The number of benzene rings is 1. The summed E-state index contributed by atoms with van der Waals surface area (Å²) in [5.74, 6) is 0.538. The second kappa shape index (κ2) is 7.22. The lowest BCUT2D eigenvalue weighted by atomic mass is 10.1. The van der Waals surface area contributed by atoms with Gasteiger partial charge in [0.25, 0.3) is 5.56 Å². The maximum atomic E-state index is 13.4. The van der Waals surface area contributed by atoms with Crippen molar-refractivity contribution < 1.29 is 4.74 Å². The van der Waals surface area contributed by atoms with Gasteiger partial charge in [-0.2, -0.15) is 0 Å². The van der Waals surface area contributed by atoms with Crippen molar-refractivity contribution in [1.82, 2.24) is 24.1 Å². The van der Waals surface area contributed by atoms with E-state index in [4.69, 9.17) is 14.7 Å². The predicted octanol–water partition coefficient (Wildman–Crippen LogP) is 3.52. The van der Waals surface area contributed by atoms with Crippen LogP contribution in [0.4, 0.5) is 0 Å². The van der Waals surface area contributed by atoms with Gasteiger partial charge in [0, 0.05) is 13.2 Å². The number of nitrogens with zero attached hydrogens (tertiary/aromatic N) is 5. The van der Waals surface area contributed by atoms with Crippen molar-refractivity contribution in [3.63, 3.8) is 0 Å². The van der Waals surface area contributed by atoms with E-state index in [1.165, 1.54) is 0 Å². The van der Waals surface area contributed by atoms with E-state index in [-0.39, 0.29) is 11.7 Å². The Morgan fingerprint density at radius 3 is 2.69 bits per heavy atom. The van der Waals surface area contributed by atoms with E-state index >= 15 is 0 Å². The van der Waals surface area contributed by atoms with E-state index in [0.29, 0.717) is 29.0 Å². The number of aromatic nitrogens is 5. The Labute approximate surface area is 168 Å². The minimum absolute atomic E-state index is 0.0663. The van der Waals surface area contributed by atoms with Crippen LogP contribution in [0.3, 0.4) is 0 Å². The van der Waals surface area contributed by atoms with Gasteiger partial charge in [-0.05, 0) is 37.3 Å². The van der Waals surface area contributed by atoms with Crippen LogP contribution in [0.15, 0.2) is 35.4 Å². The molecule has 0 N–H and O–H groups in total. The fraction of sp³-hybridized carbons (Fsp3) is 0.455. The van der Waals surface area contributed by atoms with Crippen molar-refractivity contribution in [2.75, 3.05) is 6.61 Å². The fourth-order valence-electron chi connectivity index (χ4n) is 4.08. The summed E-state index contributed by atoms with van der Waals surface area (Å²) in [7, 11) is 0. The number of aryl methyl sites for hydroxylation is 1. The molecule has 0 radical (unpaired) electrons. The molecule has 1 aliphatic heterocycles. The largest absolute Gasteiger partial charge is 0.376 e. The molecule has 3 aromatic heterocycles. The van der Waals surface area contributed by atoms with E-state index in [9.17, 15) is 4.79 Å². The molecule has 1 saturated heterocycles. The molecule has 4 heterocycles. The molecule has 0 saturated carbocycles. The smallest absolute Gasteiger partial charge is 0.265 e. The minimum Gasteiger partial charge on any atom is -0.376 e. The van der Waals surface area contributed by atoms with Crippen molar-refractivity contribution >= 4 is 33.2 Å². The highest BCUT2D eigenvalue weighted by molar-refractivity contribution is 6.04. The molecule has 150 valence electrons. The number of hydrogen-bond donors (Lipinski definition) is 0. The first kappa shape index (κ1) is 18.2. The first-order valence-electron chi connectivity index (χ1n) is 10.4. The average molecular weight is 391 g/mol. The average Bonchev–Trinajstić information content (AvgIpc) is 3.33. The van der Waals surface area contributed by atoms with Crippen molar-refractivity contribution in [3.8, 4) is 0 Å². The Bertz CT molecular complexity index is 1250. The summed E-state index contributed by atoms with van der Waals surface area (Å²) in [5, 5.41) is 0.558. The molecule has 0 bridgehead atoms. The maximum absolute atomic E-state index is 13.4. The zero-order chi connectivity index (χ0) is 20.0. The first-order chi connectivity index (χ1) is 14.1. The van der Waals surface area contributed by atoms with Gasteiger partial charge in [-0.3, -0.25) is 9.36 Å². The van der Waals surface area contributed by atoms with Gasteiger partial charge in [0.1, 0.15) is 10.9 Å². The van der Waals surface area contributed by atoms with Crippen LogP contribution in [0.1, 0.15) is 33.1 Å². The predicted molar refractivity (Wildman–Crippen MR) is 113 cm³/mol. The standard InChI is InChI=1S/C22H25N5O2/c1-14(2)9-10-27-20-18(19-21(27)25-17-8-4-3-7-16(17)24-19)22(28)26(13-23-20)12-15-6-5-11-29-15/h3-4,7-8,13-15H,5-6,9-12H2,1-2H3. The Balaban J connectivity index is 1.75. The summed E-state index contributed by atoms with van der Waals surface area (Å²) in [6, 6.07) is 7.78. The van der Waals surface area contributed by atoms with Crippen LogP contribution < -0.4 is 5.56 Å². The molecule has 1 aliphatic rings. The molecular weight excluding hydrogens is 366 g/mol. The van der Waals surface area contributed by atoms with Gasteiger partial charge in [-0.15, -0.1) is 0 Å². The van der Waals surface area contributed by atoms with E-state index in [0.717, 1.165) is 49.1 Å². The molecule has 0 aliphatic carbocycles. The SMILES string of the molecule is CC(C)CCn1c2nc3ccccc3nc2c2c(=O)n(CC3CCCO3)cnc21. The van der Waals surface area contributed by atoms with Crippen LogP contribution in [0.2, 0.25) is 0 Å². The van der Waals surface area contributed by atoms with Crippen molar-refractivity contribution in [2.45, 2.75) is 52.3 Å². The van der Waals surface area contributed by atoms with E-state index < -0.39 is 0 Å². The van der Waals surface area contributed by atoms with Gasteiger partial charge in [-0.1, -0.05) is 26.0 Å². The molecule has 1 fully saturated rings. The topological polar surface area (TPSA) is 74.8 Å². The highest BCUT2D eigenvalue weighted by Gasteiger charge is 2.22. The summed E-state index contributed by atoms with van der Waals surface area (Å²) in [6.45, 7) is 6.43. The second-order valence-electron chi connectivity index (χ2n) is 8.25. The quantitative estimate of drug-likeness (QED) is 0.520. The lowest BCUT2D eigenvalue weighted by molar-refractivity contribution is 0.0960. The molecule has 7 nitrogen and oxygen atoms in total. The molecular formula is C22H25N5O2. The van der Waals surface area contributed by atoms with E-state index in [2.05, 4.69) is 23.4 Å². The Morgan fingerprint density at radius 1 is 1.17 bits per heavy atom. The van der Waals surface area contributed by atoms with Gasteiger partial charge in [-0.25, -0.2) is 15.0 Å². The number of ether oxygens (including phenoxy) is 1. The van der Waals surface area contributed by atoms with E-state index in [1.54, 1.807) is 10.9 Å². The maximum Gasteiger partial charge on any atom is 0.265 e. The summed E-state index contributed by atoms with van der Waals surface area (Å²) in [5.41, 5.74) is 3.60. The van der Waals surface area contributed by atoms with Crippen LogP contribution >= 0.6 is 0 Å². The Hall–Kier alpha value is -2.80. The zero-order valence-electron chi connectivity index (χ0n) is 16.8. The van der Waals surface area contributed by atoms with Crippen LogP contribution in [-0.2, 0) is 17.8 Å². The third-order valence-electron chi connectivity index (χ3n) is 5.67. The number of hydrogen-bond acceptors (Lipinski definition) is 5. The lowest BCUT2D eigenvalue weighted by Gasteiger charge is -2.12. The van der Waals surface area contributed by atoms with Gasteiger partial charge >= 0.3 is 0 Å². The highest BCUT2D eigenvalue weighted by atomic mass is 16.5. The summed E-state index contributed by atoms with van der Waals surface area (Å²) in [4.78, 5) is 27.8. The van der Waals surface area contributed by atoms with Gasteiger partial charge in [0.15, 0.2) is 11.3 Å². The molecule has 29 heavy (non-hydrogen) atoms. The Morgan fingerprint density at radius 2 is 1.97 bits per heavy atom. The molecule has 1 unspecified atom stereocenters. The summed E-state index contributed by atoms with van der Waals surface area (Å²) >= 11 is 0. The van der Waals surface area contributed by atoms with Crippen LogP contribution in [0, 0.1) is 5.92 Å². The lowest BCUT2D eigenvalue weighted by Crippen LogP contribution is -2.26. The third kappa shape index (κ3) is 3.19. The van der Waals surface area contributed by atoms with Crippen molar-refractivity contribution in [1.29, 1.82) is 0 Å². The second-order valence-corrected chi connectivity index (χ2v) is 8.25. The van der Waals surface area contributed by atoms with Crippen LogP contribution in [0.25, 0.3) is 33.2 Å². The number of rotatable bonds is 5. The zero-order valence-corrected chi connectivity index (χ0v) is 16.8. The molecule has 1 atom stereocenters. The molecule has 0 amide bonds. The normalized spacial score (nSPS) is 17.3. The summed E-state index contributed by atoms with van der Waals surface area (Å²) < 4.78 is 9.44. The molecule has 1 aromatic carbocycles. The minimum atomic E-state index is -0.0663. The Kier molecular flexibility index (Phi) is 4.54.